The summed E-state index contributed by atoms with van der Waals surface area (Å²) < 4.78 is 0. The zero-order valence-corrected chi connectivity index (χ0v) is 12.1. The molecular formula is C13H29N3O. The van der Waals surface area contributed by atoms with Gasteiger partial charge in [0.15, 0.2) is 0 Å². The predicted molar refractivity (Wildman–Crippen MR) is 72.7 cm³/mol. The molecule has 1 amide bonds. The van der Waals surface area contributed by atoms with Crippen molar-refractivity contribution < 1.29 is 4.79 Å². The first kappa shape index (κ1) is 16.4. The van der Waals surface area contributed by atoms with E-state index in [1.165, 1.54) is 0 Å². The van der Waals surface area contributed by atoms with Crippen LogP contribution in [0.1, 0.15) is 47.5 Å². The molecule has 0 fully saturated rings. The van der Waals surface area contributed by atoms with Gasteiger partial charge in [-0.1, -0.05) is 20.8 Å². The smallest absolute Gasteiger partial charge is 0.238 e. The molecular weight excluding hydrogens is 214 g/mol. The van der Waals surface area contributed by atoms with Crippen LogP contribution in [0.5, 0.6) is 0 Å². The number of nitrogens with one attached hydrogen (secondary N) is 1. The first-order valence-electron chi connectivity index (χ1n) is 6.86. The average molecular weight is 243 g/mol. The van der Waals surface area contributed by atoms with Crippen molar-refractivity contribution in [2.45, 2.75) is 53.5 Å². The van der Waals surface area contributed by atoms with E-state index in [1.54, 1.807) is 0 Å². The molecule has 0 aliphatic carbocycles. The van der Waals surface area contributed by atoms with Crippen LogP contribution in [0.2, 0.25) is 0 Å². The van der Waals surface area contributed by atoms with Gasteiger partial charge in [-0.25, -0.2) is 5.01 Å². The van der Waals surface area contributed by atoms with E-state index in [9.17, 15) is 4.79 Å². The van der Waals surface area contributed by atoms with Crippen molar-refractivity contribution >= 4 is 5.91 Å². The topological polar surface area (TPSA) is 35.6 Å². The maximum absolute atomic E-state index is 12.2. The number of carbonyl (C=O) groups is 1. The molecule has 4 heteroatoms. The summed E-state index contributed by atoms with van der Waals surface area (Å²) in [6, 6.07) is 0.230. The van der Waals surface area contributed by atoms with Gasteiger partial charge in [-0.3, -0.25) is 9.80 Å². The third kappa shape index (κ3) is 6.03. The van der Waals surface area contributed by atoms with E-state index in [4.69, 9.17) is 0 Å². The molecule has 0 saturated heterocycles. The highest BCUT2D eigenvalue weighted by Gasteiger charge is 2.21. The Kier molecular flexibility index (Phi) is 9.09. The van der Waals surface area contributed by atoms with Gasteiger partial charge in [0.25, 0.3) is 0 Å². The standard InChI is InChI=1S/C13H29N3O/c1-6-10-14-11-9-13(17)16(12(4)5)15(7-2)8-3/h12,14H,6-11H2,1-5H3. The van der Waals surface area contributed by atoms with Crippen LogP contribution in [0.25, 0.3) is 0 Å². The summed E-state index contributed by atoms with van der Waals surface area (Å²) in [6.45, 7) is 13.9. The van der Waals surface area contributed by atoms with Crippen molar-refractivity contribution in [3.05, 3.63) is 0 Å². The number of hydrogen-bond acceptors (Lipinski definition) is 3. The summed E-state index contributed by atoms with van der Waals surface area (Å²) in [6.07, 6.45) is 1.69. The second-order valence-electron chi connectivity index (χ2n) is 4.47. The van der Waals surface area contributed by atoms with E-state index < -0.39 is 0 Å². The molecule has 0 saturated carbocycles. The van der Waals surface area contributed by atoms with Crippen LogP contribution < -0.4 is 5.32 Å². The lowest BCUT2D eigenvalue weighted by Crippen LogP contribution is -2.50. The van der Waals surface area contributed by atoms with E-state index in [1.807, 2.05) is 5.01 Å². The first-order valence-corrected chi connectivity index (χ1v) is 6.86. The molecule has 0 aliphatic rings. The summed E-state index contributed by atoms with van der Waals surface area (Å²) in [5.41, 5.74) is 0. The molecule has 0 unspecified atom stereocenters. The van der Waals surface area contributed by atoms with Gasteiger partial charge in [-0.2, -0.15) is 0 Å². The summed E-state index contributed by atoms with van der Waals surface area (Å²) in [7, 11) is 0. The fourth-order valence-electron chi connectivity index (χ4n) is 1.91. The van der Waals surface area contributed by atoms with Gasteiger partial charge in [-0.05, 0) is 26.8 Å². The van der Waals surface area contributed by atoms with Crippen LogP contribution in [0, 0.1) is 0 Å². The van der Waals surface area contributed by atoms with Gasteiger partial charge in [0.2, 0.25) is 5.91 Å². The molecule has 17 heavy (non-hydrogen) atoms. The van der Waals surface area contributed by atoms with Gasteiger partial charge in [-0.15, -0.1) is 0 Å². The van der Waals surface area contributed by atoms with Crippen LogP contribution >= 0.6 is 0 Å². The Hall–Kier alpha value is -0.610. The van der Waals surface area contributed by atoms with Crippen LogP contribution in [0.3, 0.4) is 0 Å². The zero-order chi connectivity index (χ0) is 13.3. The number of hydrogen-bond donors (Lipinski definition) is 1. The van der Waals surface area contributed by atoms with Crippen molar-refractivity contribution in [1.82, 2.24) is 15.3 Å². The molecule has 0 rings (SSSR count). The van der Waals surface area contributed by atoms with E-state index in [0.29, 0.717) is 6.42 Å². The molecule has 0 radical (unpaired) electrons. The molecule has 0 aliphatic heterocycles. The largest absolute Gasteiger partial charge is 0.316 e. The molecule has 0 atom stereocenters. The maximum atomic E-state index is 12.2. The summed E-state index contributed by atoms with van der Waals surface area (Å²) >= 11 is 0. The second kappa shape index (κ2) is 9.42. The van der Waals surface area contributed by atoms with Crippen LogP contribution in [-0.2, 0) is 4.79 Å². The number of nitrogens with zero attached hydrogens (tertiary/aromatic N) is 2. The van der Waals surface area contributed by atoms with E-state index in [-0.39, 0.29) is 11.9 Å². The monoisotopic (exact) mass is 243 g/mol. The van der Waals surface area contributed by atoms with Crippen LogP contribution in [0.15, 0.2) is 0 Å². The Labute approximate surface area is 106 Å². The Morgan fingerprint density at radius 3 is 2.12 bits per heavy atom. The molecule has 0 heterocycles. The lowest BCUT2D eigenvalue weighted by atomic mass is 10.3. The molecule has 0 aromatic carbocycles. The minimum Gasteiger partial charge on any atom is -0.316 e. The van der Waals surface area contributed by atoms with Gasteiger partial charge < -0.3 is 5.32 Å². The normalized spacial score (nSPS) is 11.2. The number of hydrazine groups is 1. The Morgan fingerprint density at radius 2 is 1.71 bits per heavy atom. The van der Waals surface area contributed by atoms with Crippen molar-refractivity contribution in [2.75, 3.05) is 26.2 Å². The second-order valence-corrected chi connectivity index (χ2v) is 4.47. The van der Waals surface area contributed by atoms with Crippen molar-refractivity contribution in [3.63, 3.8) is 0 Å². The SMILES string of the molecule is CCCNCCC(=O)N(C(C)C)N(CC)CC. The first-order chi connectivity index (χ1) is 8.08. The van der Waals surface area contributed by atoms with Crippen molar-refractivity contribution in [1.29, 1.82) is 0 Å². The third-order valence-corrected chi connectivity index (χ3v) is 2.72. The molecule has 0 spiro atoms. The lowest BCUT2D eigenvalue weighted by molar-refractivity contribution is -0.153. The van der Waals surface area contributed by atoms with Crippen LogP contribution in [-0.4, -0.2) is 48.1 Å². The molecule has 1 N–H and O–H groups in total. The van der Waals surface area contributed by atoms with Crippen LogP contribution in [0.4, 0.5) is 0 Å². The summed E-state index contributed by atoms with van der Waals surface area (Å²) in [5.74, 6) is 0.215. The summed E-state index contributed by atoms with van der Waals surface area (Å²) in [4.78, 5) is 12.2. The van der Waals surface area contributed by atoms with Gasteiger partial charge >= 0.3 is 0 Å². The van der Waals surface area contributed by atoms with E-state index in [0.717, 1.165) is 32.6 Å². The highest BCUT2D eigenvalue weighted by molar-refractivity contribution is 5.76. The van der Waals surface area contributed by atoms with E-state index >= 15 is 0 Å². The highest BCUT2D eigenvalue weighted by atomic mass is 16.2. The summed E-state index contributed by atoms with van der Waals surface area (Å²) in [5, 5.41) is 7.27. The molecule has 0 bridgehead atoms. The molecule has 0 aromatic heterocycles. The lowest BCUT2D eigenvalue weighted by Gasteiger charge is -2.36. The van der Waals surface area contributed by atoms with Gasteiger partial charge in [0, 0.05) is 32.1 Å². The fraction of sp³-hybridized carbons (Fsp3) is 0.923. The Morgan fingerprint density at radius 1 is 1.12 bits per heavy atom. The number of carbonyl (C=O) groups excluding carboxylic acids is 1. The third-order valence-electron chi connectivity index (χ3n) is 2.72. The zero-order valence-electron chi connectivity index (χ0n) is 12.1. The van der Waals surface area contributed by atoms with E-state index in [2.05, 4.69) is 44.9 Å². The number of rotatable bonds is 9. The van der Waals surface area contributed by atoms with Crippen molar-refractivity contribution in [3.8, 4) is 0 Å². The fourth-order valence-corrected chi connectivity index (χ4v) is 1.91. The van der Waals surface area contributed by atoms with Gasteiger partial charge in [0.05, 0.1) is 0 Å². The minimum atomic E-state index is 0.215. The molecule has 4 nitrogen and oxygen atoms in total. The van der Waals surface area contributed by atoms with Crippen molar-refractivity contribution in [2.24, 2.45) is 0 Å². The predicted octanol–water partition coefficient (Wildman–Crippen LogP) is 1.87. The quantitative estimate of drug-likeness (QED) is 0.496. The highest BCUT2D eigenvalue weighted by Crippen LogP contribution is 2.06. The Balaban J connectivity index is 4.24. The minimum absolute atomic E-state index is 0.215. The van der Waals surface area contributed by atoms with Gasteiger partial charge in [0.1, 0.15) is 0 Å². The molecule has 0 aromatic rings. The Bertz CT molecular complexity index is 203. The maximum Gasteiger partial charge on any atom is 0.238 e. The number of amides is 1. The molecule has 102 valence electrons. The average Bonchev–Trinajstić information content (AvgIpc) is 2.30.